The summed E-state index contributed by atoms with van der Waals surface area (Å²) in [5.74, 6) is 0.560. The second-order valence-electron chi connectivity index (χ2n) is 8.58. The van der Waals surface area contributed by atoms with Gasteiger partial charge >= 0.3 is 5.69 Å². The van der Waals surface area contributed by atoms with Gasteiger partial charge in [-0.3, -0.25) is 14.1 Å². The van der Waals surface area contributed by atoms with Crippen LogP contribution in [0, 0.1) is 0 Å². The molecule has 5 aromatic rings. The van der Waals surface area contributed by atoms with Crippen molar-refractivity contribution < 1.29 is 0 Å². The van der Waals surface area contributed by atoms with Gasteiger partial charge in [-0.25, -0.2) is 9.89 Å². The summed E-state index contributed by atoms with van der Waals surface area (Å²) in [6, 6.07) is 15.9. The van der Waals surface area contributed by atoms with Gasteiger partial charge in [0.05, 0.1) is 17.3 Å². The third kappa shape index (κ3) is 4.47. The number of H-pyrrole nitrogens is 1. The number of hydrogen-bond acceptors (Lipinski definition) is 5. The predicted octanol–water partition coefficient (Wildman–Crippen LogP) is 5.10. The number of halogens is 1. The summed E-state index contributed by atoms with van der Waals surface area (Å²) < 4.78 is 3.55. The fourth-order valence-electron chi connectivity index (χ4n) is 4.51. The summed E-state index contributed by atoms with van der Waals surface area (Å²) >= 11 is 6.55. The summed E-state index contributed by atoms with van der Waals surface area (Å²) in [4.78, 5) is 17.8. The van der Waals surface area contributed by atoms with E-state index in [9.17, 15) is 4.79 Å². The summed E-state index contributed by atoms with van der Waals surface area (Å²) in [6.07, 6.45) is 7.96. The van der Waals surface area contributed by atoms with E-state index < -0.39 is 0 Å². The number of imidazole rings is 1. The Balaban J connectivity index is 1.50. The van der Waals surface area contributed by atoms with Crippen LogP contribution in [-0.2, 0) is 19.4 Å². The van der Waals surface area contributed by atoms with Gasteiger partial charge < -0.3 is 0 Å². The minimum absolute atomic E-state index is 0.0837. The highest BCUT2D eigenvalue weighted by molar-refractivity contribution is 6.32. The molecule has 0 spiro atoms. The van der Waals surface area contributed by atoms with Gasteiger partial charge in [-0.1, -0.05) is 68.3 Å². The largest absolute Gasteiger partial charge is 0.333 e. The highest BCUT2D eigenvalue weighted by Gasteiger charge is 2.17. The van der Waals surface area contributed by atoms with E-state index in [0.29, 0.717) is 17.4 Å². The standard InChI is InChI=1S/C27H26ClN7O/c1-3-6-21-17-35(25-19(4-2)7-5-8-24(25)28)27(36)34(21)16-18-9-11-20(12-10-18)22-13-14-29-15-23(22)26-30-32-33-31-26/h5,7-15,17H,3-4,6,16H2,1-2H3,(H,30,31,32,33). The van der Waals surface area contributed by atoms with Gasteiger partial charge in [0.25, 0.3) is 0 Å². The number of rotatable bonds is 8. The van der Waals surface area contributed by atoms with Crippen molar-refractivity contribution in [1.82, 2.24) is 34.7 Å². The molecule has 0 amide bonds. The van der Waals surface area contributed by atoms with Crippen LogP contribution in [0.15, 0.2) is 71.9 Å². The molecule has 36 heavy (non-hydrogen) atoms. The molecule has 0 aliphatic rings. The Morgan fingerprint density at radius 3 is 2.58 bits per heavy atom. The number of nitrogens with zero attached hydrogens (tertiary/aromatic N) is 6. The minimum atomic E-state index is -0.0837. The van der Waals surface area contributed by atoms with Crippen molar-refractivity contribution in [2.24, 2.45) is 0 Å². The Labute approximate surface area is 213 Å². The Morgan fingerprint density at radius 2 is 1.86 bits per heavy atom. The molecule has 5 rings (SSSR count). The van der Waals surface area contributed by atoms with E-state index in [1.54, 1.807) is 17.0 Å². The van der Waals surface area contributed by atoms with Gasteiger partial charge in [-0.2, -0.15) is 0 Å². The molecule has 182 valence electrons. The monoisotopic (exact) mass is 499 g/mol. The lowest BCUT2D eigenvalue weighted by Crippen LogP contribution is -2.25. The van der Waals surface area contributed by atoms with E-state index in [1.807, 2.05) is 59.3 Å². The first-order valence-electron chi connectivity index (χ1n) is 12.0. The van der Waals surface area contributed by atoms with Crippen molar-refractivity contribution in [1.29, 1.82) is 0 Å². The van der Waals surface area contributed by atoms with E-state index in [1.165, 1.54) is 0 Å². The molecule has 3 heterocycles. The Morgan fingerprint density at radius 1 is 1.03 bits per heavy atom. The number of aromatic nitrogens is 7. The smallest absolute Gasteiger partial charge is 0.292 e. The fourth-order valence-corrected chi connectivity index (χ4v) is 4.79. The molecule has 0 saturated heterocycles. The molecular weight excluding hydrogens is 474 g/mol. The molecule has 0 bridgehead atoms. The second-order valence-corrected chi connectivity index (χ2v) is 8.99. The van der Waals surface area contributed by atoms with Crippen molar-refractivity contribution in [2.75, 3.05) is 0 Å². The van der Waals surface area contributed by atoms with Crippen LogP contribution in [0.5, 0.6) is 0 Å². The molecule has 9 heteroatoms. The van der Waals surface area contributed by atoms with Crippen LogP contribution in [0.2, 0.25) is 5.02 Å². The van der Waals surface area contributed by atoms with Gasteiger partial charge in [0.15, 0.2) is 5.82 Å². The number of hydrogen-bond donors (Lipinski definition) is 1. The number of tetrazole rings is 1. The average molecular weight is 500 g/mol. The van der Waals surface area contributed by atoms with Crippen molar-refractivity contribution in [2.45, 2.75) is 39.7 Å². The number of aromatic amines is 1. The van der Waals surface area contributed by atoms with E-state index in [2.05, 4.69) is 39.5 Å². The molecule has 0 unspecified atom stereocenters. The maximum atomic E-state index is 13.6. The predicted molar refractivity (Wildman–Crippen MR) is 140 cm³/mol. The maximum Gasteiger partial charge on any atom is 0.333 e. The van der Waals surface area contributed by atoms with Gasteiger partial charge in [-0.05, 0) is 57.7 Å². The van der Waals surface area contributed by atoms with Gasteiger partial charge in [0.1, 0.15) is 0 Å². The van der Waals surface area contributed by atoms with Crippen LogP contribution in [0.25, 0.3) is 28.2 Å². The zero-order valence-corrected chi connectivity index (χ0v) is 20.9. The third-order valence-electron chi connectivity index (χ3n) is 6.29. The summed E-state index contributed by atoms with van der Waals surface area (Å²) in [5, 5.41) is 14.7. The number of para-hydroxylation sites is 1. The molecule has 3 aromatic heterocycles. The van der Waals surface area contributed by atoms with Crippen molar-refractivity contribution in [3.05, 3.63) is 99.4 Å². The van der Waals surface area contributed by atoms with E-state index in [-0.39, 0.29) is 5.69 Å². The van der Waals surface area contributed by atoms with Crippen LogP contribution in [0.1, 0.15) is 37.1 Å². The highest BCUT2D eigenvalue weighted by Crippen LogP contribution is 2.29. The minimum Gasteiger partial charge on any atom is -0.292 e. The summed E-state index contributed by atoms with van der Waals surface area (Å²) in [6.45, 7) is 4.66. The summed E-state index contributed by atoms with van der Waals surface area (Å²) in [7, 11) is 0. The molecule has 0 aliphatic heterocycles. The number of benzene rings is 2. The normalized spacial score (nSPS) is 11.2. The summed E-state index contributed by atoms with van der Waals surface area (Å²) in [5.41, 5.74) is 6.55. The molecule has 1 N–H and O–H groups in total. The topological polar surface area (TPSA) is 94.3 Å². The molecular formula is C27H26ClN7O. The van der Waals surface area contributed by atoms with Gasteiger partial charge in [0, 0.05) is 29.8 Å². The first-order valence-corrected chi connectivity index (χ1v) is 12.3. The highest BCUT2D eigenvalue weighted by atomic mass is 35.5. The zero-order chi connectivity index (χ0) is 25.1. The third-order valence-corrected chi connectivity index (χ3v) is 6.59. The Kier molecular flexibility index (Phi) is 6.77. The zero-order valence-electron chi connectivity index (χ0n) is 20.1. The lowest BCUT2D eigenvalue weighted by Gasteiger charge is -2.11. The van der Waals surface area contributed by atoms with Crippen LogP contribution < -0.4 is 5.69 Å². The quantitative estimate of drug-likeness (QED) is 0.320. The van der Waals surface area contributed by atoms with Crippen LogP contribution in [-0.4, -0.2) is 34.7 Å². The van der Waals surface area contributed by atoms with Crippen molar-refractivity contribution in [3.63, 3.8) is 0 Å². The molecule has 2 aromatic carbocycles. The molecule has 0 aliphatic carbocycles. The average Bonchev–Trinajstić information content (AvgIpc) is 3.54. The SMILES string of the molecule is CCCc1cn(-c2c(Cl)cccc2CC)c(=O)n1Cc1ccc(-c2ccncc2-c2nnn[nH]2)cc1. The molecule has 0 atom stereocenters. The molecule has 0 radical (unpaired) electrons. The lowest BCUT2D eigenvalue weighted by molar-refractivity contribution is 0.691. The van der Waals surface area contributed by atoms with E-state index >= 15 is 0 Å². The lowest BCUT2D eigenvalue weighted by atomic mass is 10.00. The molecule has 8 nitrogen and oxygen atoms in total. The fraction of sp³-hybridized carbons (Fsp3) is 0.222. The maximum absolute atomic E-state index is 13.6. The number of nitrogens with one attached hydrogen (secondary N) is 1. The molecule has 0 saturated carbocycles. The first-order chi connectivity index (χ1) is 17.6. The first kappa shape index (κ1) is 23.7. The second kappa shape index (κ2) is 10.3. The van der Waals surface area contributed by atoms with Crippen molar-refractivity contribution >= 4 is 11.6 Å². The van der Waals surface area contributed by atoms with Crippen LogP contribution in [0.3, 0.4) is 0 Å². The Bertz CT molecular complexity index is 1540. The van der Waals surface area contributed by atoms with Gasteiger partial charge in [0.2, 0.25) is 0 Å². The van der Waals surface area contributed by atoms with Crippen LogP contribution in [0.4, 0.5) is 0 Å². The molecule has 0 fully saturated rings. The van der Waals surface area contributed by atoms with Crippen LogP contribution >= 0.6 is 11.6 Å². The number of aryl methyl sites for hydroxylation is 2. The number of pyridine rings is 1. The van der Waals surface area contributed by atoms with Crippen molar-refractivity contribution in [3.8, 4) is 28.2 Å². The van der Waals surface area contributed by atoms with E-state index in [4.69, 9.17) is 11.6 Å². The Hall–Kier alpha value is -4.04. The van der Waals surface area contributed by atoms with Gasteiger partial charge in [-0.15, -0.1) is 5.10 Å². The van der Waals surface area contributed by atoms with E-state index in [0.717, 1.165) is 58.5 Å².